The molecule has 0 radical (unpaired) electrons. The van der Waals surface area contributed by atoms with Crippen molar-refractivity contribution in [3.05, 3.63) is 5.01 Å². The molecule has 4 heteroatoms. The molecule has 1 heterocycles. The van der Waals surface area contributed by atoms with E-state index in [1.165, 1.54) is 44.9 Å². The monoisotopic (exact) mass is 263 g/mol. The summed E-state index contributed by atoms with van der Waals surface area (Å²) >= 11 is 1.57. The summed E-state index contributed by atoms with van der Waals surface area (Å²) in [5.41, 5.74) is 6.32. The van der Waals surface area contributed by atoms with Gasteiger partial charge >= 0.3 is 0 Å². The number of nitrogen functional groups attached to an aromatic ring is 1. The maximum Gasteiger partial charge on any atom is 0.203 e. The van der Waals surface area contributed by atoms with Crippen molar-refractivity contribution in [1.82, 2.24) is 10.2 Å². The largest absolute Gasteiger partial charge is 0.374 e. The summed E-state index contributed by atoms with van der Waals surface area (Å²) in [6, 6.07) is 0. The summed E-state index contributed by atoms with van der Waals surface area (Å²) in [4.78, 5) is 0. The number of aromatic nitrogens is 2. The molecule has 18 heavy (non-hydrogen) atoms. The predicted molar refractivity (Wildman–Crippen MR) is 73.2 cm³/mol. The fourth-order valence-electron chi connectivity index (χ4n) is 5.34. The summed E-state index contributed by atoms with van der Waals surface area (Å²) in [5, 5.41) is 9.87. The molecule has 0 atom stereocenters. The van der Waals surface area contributed by atoms with Crippen LogP contribution in [0.25, 0.3) is 0 Å². The first kappa shape index (κ1) is 11.2. The van der Waals surface area contributed by atoms with Gasteiger partial charge in [-0.3, -0.25) is 0 Å². The summed E-state index contributed by atoms with van der Waals surface area (Å²) in [7, 11) is 0. The lowest BCUT2D eigenvalue weighted by Gasteiger charge is -2.57. The number of nitrogens with two attached hydrogens (primary N) is 1. The smallest absolute Gasteiger partial charge is 0.203 e. The van der Waals surface area contributed by atoms with E-state index in [9.17, 15) is 0 Å². The Morgan fingerprint density at radius 2 is 1.67 bits per heavy atom. The van der Waals surface area contributed by atoms with Gasteiger partial charge in [0, 0.05) is 6.42 Å². The van der Waals surface area contributed by atoms with Crippen LogP contribution in [0, 0.1) is 23.2 Å². The lowest BCUT2D eigenvalue weighted by Crippen LogP contribution is -2.46. The number of nitrogens with zero attached hydrogens (tertiary/aromatic N) is 2. The lowest BCUT2D eigenvalue weighted by atomic mass is 9.48. The van der Waals surface area contributed by atoms with Crippen LogP contribution in [-0.2, 0) is 6.42 Å². The van der Waals surface area contributed by atoms with Gasteiger partial charge in [-0.25, -0.2) is 0 Å². The topological polar surface area (TPSA) is 51.8 Å². The van der Waals surface area contributed by atoms with E-state index in [4.69, 9.17) is 5.73 Å². The van der Waals surface area contributed by atoms with E-state index in [0.717, 1.165) is 29.2 Å². The van der Waals surface area contributed by atoms with Crippen LogP contribution in [-0.4, -0.2) is 10.2 Å². The SMILES string of the molecule is Nc1nnc(CCC23CC4CC(CC(C4)C2)C3)s1. The maximum atomic E-state index is 5.66. The third-order valence-electron chi connectivity index (χ3n) is 5.52. The first-order chi connectivity index (χ1) is 8.71. The Hall–Kier alpha value is -0.640. The second-order valence-electron chi connectivity index (χ2n) is 6.95. The molecule has 0 unspecified atom stereocenters. The van der Waals surface area contributed by atoms with Gasteiger partial charge in [-0.15, -0.1) is 10.2 Å². The molecule has 0 amide bonds. The molecule has 1 aromatic rings. The summed E-state index contributed by atoms with van der Waals surface area (Å²) in [6.45, 7) is 0. The number of rotatable bonds is 3. The molecule has 4 aliphatic carbocycles. The van der Waals surface area contributed by atoms with Crippen LogP contribution in [0.3, 0.4) is 0 Å². The van der Waals surface area contributed by atoms with Crippen molar-refractivity contribution in [2.75, 3.05) is 5.73 Å². The minimum Gasteiger partial charge on any atom is -0.374 e. The fourth-order valence-corrected chi connectivity index (χ4v) is 5.94. The molecule has 4 aliphatic rings. The van der Waals surface area contributed by atoms with Crippen molar-refractivity contribution in [3.63, 3.8) is 0 Å². The van der Waals surface area contributed by atoms with E-state index < -0.39 is 0 Å². The Bertz CT molecular complexity index is 418. The van der Waals surface area contributed by atoms with E-state index in [1.807, 2.05) is 0 Å². The molecule has 0 saturated heterocycles. The third-order valence-corrected chi connectivity index (χ3v) is 6.33. The van der Waals surface area contributed by atoms with Crippen LogP contribution >= 0.6 is 11.3 Å². The van der Waals surface area contributed by atoms with Crippen molar-refractivity contribution in [2.45, 2.75) is 51.4 Å². The van der Waals surface area contributed by atoms with E-state index in [0.29, 0.717) is 10.5 Å². The predicted octanol–water partition coefficient (Wildman–Crippen LogP) is 3.27. The number of hydrogen-bond donors (Lipinski definition) is 1. The highest BCUT2D eigenvalue weighted by Crippen LogP contribution is 2.61. The molecule has 4 saturated carbocycles. The van der Waals surface area contributed by atoms with Gasteiger partial charge in [0.1, 0.15) is 5.01 Å². The fraction of sp³-hybridized carbons (Fsp3) is 0.857. The minimum atomic E-state index is 0.621. The third kappa shape index (κ3) is 1.85. The Balaban J connectivity index is 1.47. The van der Waals surface area contributed by atoms with Gasteiger partial charge in [0.2, 0.25) is 5.13 Å². The van der Waals surface area contributed by atoms with E-state index in [2.05, 4.69) is 10.2 Å². The average molecular weight is 263 g/mol. The molecule has 3 nitrogen and oxygen atoms in total. The van der Waals surface area contributed by atoms with Gasteiger partial charge in [0.15, 0.2) is 0 Å². The van der Waals surface area contributed by atoms with Crippen LogP contribution in [0.5, 0.6) is 0 Å². The zero-order valence-electron chi connectivity index (χ0n) is 10.8. The Kier molecular flexibility index (Phi) is 2.44. The minimum absolute atomic E-state index is 0.621. The number of anilines is 1. The van der Waals surface area contributed by atoms with Crippen molar-refractivity contribution in [3.8, 4) is 0 Å². The molecule has 0 aliphatic heterocycles. The summed E-state index contributed by atoms with van der Waals surface area (Å²) in [6.07, 6.45) is 11.5. The van der Waals surface area contributed by atoms with Crippen molar-refractivity contribution in [1.29, 1.82) is 0 Å². The van der Waals surface area contributed by atoms with Gasteiger partial charge in [0.05, 0.1) is 0 Å². The van der Waals surface area contributed by atoms with Crippen molar-refractivity contribution in [2.24, 2.45) is 23.2 Å². The van der Waals surface area contributed by atoms with E-state index >= 15 is 0 Å². The van der Waals surface area contributed by atoms with Gasteiger partial charge < -0.3 is 5.73 Å². The second kappa shape index (κ2) is 3.92. The van der Waals surface area contributed by atoms with E-state index in [-0.39, 0.29) is 0 Å². The van der Waals surface area contributed by atoms with Crippen LogP contribution in [0.2, 0.25) is 0 Å². The first-order valence-electron chi connectivity index (χ1n) is 7.29. The highest BCUT2D eigenvalue weighted by Gasteiger charge is 2.50. The molecule has 4 fully saturated rings. The highest BCUT2D eigenvalue weighted by atomic mass is 32.1. The van der Waals surface area contributed by atoms with Crippen molar-refractivity contribution < 1.29 is 0 Å². The second-order valence-corrected chi connectivity index (χ2v) is 8.05. The summed E-state index contributed by atoms with van der Waals surface area (Å²) in [5.74, 6) is 3.15. The molecule has 0 aromatic carbocycles. The van der Waals surface area contributed by atoms with Crippen LogP contribution in [0.1, 0.15) is 50.0 Å². The summed E-state index contributed by atoms with van der Waals surface area (Å²) < 4.78 is 0. The molecule has 0 spiro atoms. The first-order valence-corrected chi connectivity index (χ1v) is 8.10. The highest BCUT2D eigenvalue weighted by molar-refractivity contribution is 7.15. The number of aryl methyl sites for hydroxylation is 1. The molecular weight excluding hydrogens is 242 g/mol. The van der Waals surface area contributed by atoms with Crippen LogP contribution in [0.15, 0.2) is 0 Å². The molecular formula is C14H21N3S. The van der Waals surface area contributed by atoms with Crippen LogP contribution < -0.4 is 5.73 Å². The standard InChI is InChI=1S/C14H21N3S/c15-13-17-16-12(18-13)1-2-14-6-9-3-10(7-14)5-11(4-9)8-14/h9-11H,1-8H2,(H2,15,17). The molecule has 2 N–H and O–H groups in total. The molecule has 4 bridgehead atoms. The maximum absolute atomic E-state index is 5.66. The molecule has 5 rings (SSSR count). The average Bonchev–Trinajstić information content (AvgIpc) is 2.71. The lowest BCUT2D eigenvalue weighted by molar-refractivity contribution is -0.0569. The number of hydrogen-bond acceptors (Lipinski definition) is 4. The van der Waals surface area contributed by atoms with Gasteiger partial charge in [0.25, 0.3) is 0 Å². The van der Waals surface area contributed by atoms with Gasteiger partial charge in [-0.05, 0) is 68.1 Å². The Morgan fingerprint density at radius 3 is 2.17 bits per heavy atom. The zero-order chi connectivity index (χ0) is 12.2. The quantitative estimate of drug-likeness (QED) is 0.910. The Morgan fingerprint density at radius 1 is 1.06 bits per heavy atom. The van der Waals surface area contributed by atoms with Gasteiger partial charge in [-0.2, -0.15) is 0 Å². The van der Waals surface area contributed by atoms with Gasteiger partial charge in [-0.1, -0.05) is 11.3 Å². The molecule has 1 aromatic heterocycles. The zero-order valence-corrected chi connectivity index (χ0v) is 11.6. The van der Waals surface area contributed by atoms with Crippen molar-refractivity contribution >= 4 is 16.5 Å². The Labute approximate surface area is 112 Å². The van der Waals surface area contributed by atoms with Crippen LogP contribution in [0.4, 0.5) is 5.13 Å². The normalized spacial score (nSPS) is 41.4. The van der Waals surface area contributed by atoms with E-state index in [1.54, 1.807) is 11.3 Å². The molecule has 98 valence electrons.